The van der Waals surface area contributed by atoms with E-state index in [-0.39, 0.29) is 0 Å². The number of benzene rings is 1. The van der Waals surface area contributed by atoms with Gasteiger partial charge in [-0.1, -0.05) is 30.4 Å². The van der Waals surface area contributed by atoms with Crippen molar-refractivity contribution in [2.75, 3.05) is 39.3 Å². The van der Waals surface area contributed by atoms with Crippen LogP contribution in [-0.2, 0) is 10.0 Å². The van der Waals surface area contributed by atoms with Crippen molar-refractivity contribution >= 4 is 10.0 Å². The van der Waals surface area contributed by atoms with Gasteiger partial charge in [-0.05, 0) is 44.6 Å². The fourth-order valence-corrected chi connectivity index (χ4v) is 2.96. The summed E-state index contributed by atoms with van der Waals surface area (Å²) in [5.41, 5.74) is 5.40. The predicted octanol–water partition coefficient (Wildman–Crippen LogP) is 0.439. The molecule has 1 rings (SSSR count). The second-order valence-electron chi connectivity index (χ2n) is 5.09. The highest BCUT2D eigenvalue weighted by Gasteiger charge is 2.11. The van der Waals surface area contributed by atoms with E-state index in [9.17, 15) is 8.42 Å². The third-order valence-corrected chi connectivity index (χ3v) is 4.60. The molecule has 6 nitrogen and oxygen atoms in total. The lowest BCUT2D eigenvalue weighted by Crippen LogP contribution is -2.27. The molecule has 0 saturated heterocycles. The summed E-state index contributed by atoms with van der Waals surface area (Å²) in [5.74, 6) is 0. The van der Waals surface area contributed by atoms with E-state index in [1.807, 2.05) is 0 Å². The van der Waals surface area contributed by atoms with Gasteiger partial charge < -0.3 is 16.4 Å². The molecular formula is C16H28N4O2S. The van der Waals surface area contributed by atoms with Crippen molar-refractivity contribution in [3.63, 3.8) is 0 Å². The monoisotopic (exact) mass is 340 g/mol. The van der Waals surface area contributed by atoms with Gasteiger partial charge in [-0.15, -0.1) is 0 Å². The van der Waals surface area contributed by atoms with Crippen molar-refractivity contribution < 1.29 is 8.42 Å². The first-order chi connectivity index (χ1) is 11.2. The zero-order chi connectivity index (χ0) is 16.8. The molecule has 0 atom stereocenters. The Bertz CT molecular complexity index is 532. The highest BCUT2D eigenvalue weighted by Crippen LogP contribution is 2.06. The van der Waals surface area contributed by atoms with E-state index in [0.29, 0.717) is 18.0 Å². The first-order valence-corrected chi connectivity index (χ1v) is 9.46. The van der Waals surface area contributed by atoms with Gasteiger partial charge in [-0.3, -0.25) is 0 Å². The molecule has 0 bridgehead atoms. The van der Waals surface area contributed by atoms with Crippen LogP contribution in [0.2, 0.25) is 0 Å². The Kier molecular flexibility index (Phi) is 10.5. The van der Waals surface area contributed by atoms with Gasteiger partial charge in [0, 0.05) is 19.6 Å². The van der Waals surface area contributed by atoms with Crippen LogP contribution < -0.4 is 21.1 Å². The molecule has 0 radical (unpaired) electrons. The summed E-state index contributed by atoms with van der Waals surface area (Å²) in [6, 6.07) is 8.41. The molecular weight excluding hydrogens is 312 g/mol. The molecule has 0 spiro atoms. The van der Waals surface area contributed by atoms with E-state index in [1.165, 1.54) is 0 Å². The van der Waals surface area contributed by atoms with Crippen LogP contribution in [0.3, 0.4) is 0 Å². The van der Waals surface area contributed by atoms with Crippen molar-refractivity contribution in [1.29, 1.82) is 0 Å². The summed E-state index contributed by atoms with van der Waals surface area (Å²) >= 11 is 0. The molecule has 0 aliphatic carbocycles. The summed E-state index contributed by atoms with van der Waals surface area (Å²) in [5, 5.41) is 6.50. The molecule has 0 unspecified atom stereocenters. The highest BCUT2D eigenvalue weighted by atomic mass is 32.2. The van der Waals surface area contributed by atoms with E-state index in [4.69, 9.17) is 5.73 Å². The van der Waals surface area contributed by atoms with E-state index >= 15 is 0 Å². The molecule has 0 aromatic heterocycles. The Morgan fingerprint density at radius 1 is 0.913 bits per heavy atom. The maximum atomic E-state index is 12.0. The van der Waals surface area contributed by atoms with Gasteiger partial charge in [0.15, 0.2) is 0 Å². The van der Waals surface area contributed by atoms with E-state index in [2.05, 4.69) is 27.5 Å². The van der Waals surface area contributed by atoms with Crippen LogP contribution in [0.4, 0.5) is 0 Å². The van der Waals surface area contributed by atoms with Crippen LogP contribution in [0, 0.1) is 0 Å². The normalized spacial score (nSPS) is 12.0. The lowest BCUT2D eigenvalue weighted by Gasteiger charge is -2.06. The molecule has 1 aromatic rings. The largest absolute Gasteiger partial charge is 0.330 e. The topological polar surface area (TPSA) is 96.2 Å². The number of rotatable bonds is 13. The summed E-state index contributed by atoms with van der Waals surface area (Å²) in [7, 11) is -3.38. The Morgan fingerprint density at radius 2 is 1.52 bits per heavy atom. The molecule has 23 heavy (non-hydrogen) atoms. The minimum Gasteiger partial charge on any atom is -0.330 e. The Morgan fingerprint density at radius 3 is 2.13 bits per heavy atom. The maximum absolute atomic E-state index is 12.0. The van der Waals surface area contributed by atoms with Gasteiger partial charge in [0.25, 0.3) is 0 Å². The van der Waals surface area contributed by atoms with Crippen molar-refractivity contribution in [1.82, 2.24) is 15.4 Å². The quantitative estimate of drug-likeness (QED) is 0.309. The number of hydrogen-bond acceptors (Lipinski definition) is 5. The summed E-state index contributed by atoms with van der Waals surface area (Å²) in [4.78, 5) is 0.304. The van der Waals surface area contributed by atoms with Crippen LogP contribution in [0.5, 0.6) is 0 Å². The van der Waals surface area contributed by atoms with Gasteiger partial charge in [-0.2, -0.15) is 0 Å². The zero-order valence-corrected chi connectivity index (χ0v) is 14.3. The van der Waals surface area contributed by atoms with Gasteiger partial charge in [-0.25, -0.2) is 13.1 Å². The maximum Gasteiger partial charge on any atom is 0.240 e. The van der Waals surface area contributed by atoms with Gasteiger partial charge in [0.2, 0.25) is 10.0 Å². The molecule has 0 aliphatic heterocycles. The Labute approximate surface area is 139 Å². The summed E-state index contributed by atoms with van der Waals surface area (Å²) < 4.78 is 26.5. The lowest BCUT2D eigenvalue weighted by molar-refractivity contribution is 0.576. The Hall–Kier alpha value is -1.25. The average Bonchev–Trinajstić information content (AvgIpc) is 2.56. The molecule has 5 N–H and O–H groups in total. The third kappa shape index (κ3) is 9.47. The molecule has 0 aliphatic rings. The van der Waals surface area contributed by atoms with Crippen LogP contribution in [0.1, 0.15) is 12.8 Å². The number of nitrogens with two attached hydrogens (primary N) is 1. The van der Waals surface area contributed by atoms with E-state index in [1.54, 1.807) is 30.3 Å². The number of hydrogen-bond donors (Lipinski definition) is 4. The summed E-state index contributed by atoms with van der Waals surface area (Å²) in [6.45, 7) is 4.47. The molecule has 0 amide bonds. The zero-order valence-electron chi connectivity index (χ0n) is 13.5. The fraction of sp³-hybridized carbons (Fsp3) is 0.500. The van der Waals surface area contributed by atoms with Crippen LogP contribution in [0.25, 0.3) is 0 Å². The number of nitrogens with one attached hydrogen (secondary N) is 3. The predicted molar refractivity (Wildman–Crippen MR) is 94.8 cm³/mol. The van der Waals surface area contributed by atoms with Crippen molar-refractivity contribution in [2.24, 2.45) is 5.73 Å². The molecule has 7 heteroatoms. The van der Waals surface area contributed by atoms with Gasteiger partial charge >= 0.3 is 0 Å². The van der Waals surface area contributed by atoms with Crippen LogP contribution in [0.15, 0.2) is 47.4 Å². The first kappa shape index (κ1) is 19.8. The smallest absolute Gasteiger partial charge is 0.240 e. The molecule has 130 valence electrons. The van der Waals surface area contributed by atoms with Crippen molar-refractivity contribution in [3.8, 4) is 0 Å². The number of sulfonamides is 1. The minimum absolute atomic E-state index is 0.304. The Balaban J connectivity index is 2.02. The molecule has 0 saturated carbocycles. The van der Waals surface area contributed by atoms with Crippen LogP contribution >= 0.6 is 0 Å². The second-order valence-corrected chi connectivity index (χ2v) is 6.85. The average molecular weight is 340 g/mol. The van der Waals surface area contributed by atoms with Crippen molar-refractivity contribution in [3.05, 3.63) is 42.5 Å². The molecule has 0 heterocycles. The fourth-order valence-electron chi connectivity index (χ4n) is 1.87. The second kappa shape index (κ2) is 12.2. The van der Waals surface area contributed by atoms with E-state index < -0.39 is 10.0 Å². The van der Waals surface area contributed by atoms with E-state index in [0.717, 1.165) is 39.0 Å². The lowest BCUT2D eigenvalue weighted by atomic mass is 10.4. The summed E-state index contributed by atoms with van der Waals surface area (Å²) in [6.07, 6.45) is 5.87. The van der Waals surface area contributed by atoms with Gasteiger partial charge in [0.1, 0.15) is 0 Å². The van der Waals surface area contributed by atoms with Crippen molar-refractivity contribution in [2.45, 2.75) is 17.7 Å². The first-order valence-electron chi connectivity index (χ1n) is 7.98. The van der Waals surface area contributed by atoms with Gasteiger partial charge in [0.05, 0.1) is 4.90 Å². The highest BCUT2D eigenvalue weighted by molar-refractivity contribution is 7.89. The van der Waals surface area contributed by atoms with Crippen LogP contribution in [-0.4, -0.2) is 47.7 Å². The minimum atomic E-state index is -3.38. The molecule has 0 fully saturated rings. The SMILES string of the molecule is NCCCNCC=CCNCCCNS(=O)(=O)c1ccccc1. The third-order valence-electron chi connectivity index (χ3n) is 3.12. The molecule has 1 aromatic carbocycles. The standard InChI is InChI=1S/C16H28N4O2S/c17-10-6-13-18-11-4-5-12-19-14-7-15-20-23(21,22)16-8-2-1-3-9-16/h1-5,8-9,18-20H,6-7,10-15,17H2.